The number of nitrogens with one attached hydrogen (secondary N) is 1. The molecule has 1 aliphatic rings. The van der Waals surface area contributed by atoms with E-state index >= 15 is 0 Å². The highest BCUT2D eigenvalue weighted by Gasteiger charge is 2.31. The van der Waals surface area contributed by atoms with Crippen LogP contribution in [0, 0.1) is 29.1 Å². The molecule has 0 saturated carbocycles. The Balaban J connectivity index is 1.77. The lowest BCUT2D eigenvalue weighted by Gasteiger charge is -2.13. The van der Waals surface area contributed by atoms with Crippen molar-refractivity contribution in [3.05, 3.63) is 124 Å². The van der Waals surface area contributed by atoms with Gasteiger partial charge in [-0.3, -0.25) is 0 Å². The summed E-state index contributed by atoms with van der Waals surface area (Å²) >= 11 is 0. The Labute approximate surface area is 202 Å². The Morgan fingerprint density at radius 3 is 1.81 bits per heavy atom. The van der Waals surface area contributed by atoms with E-state index in [4.69, 9.17) is 11.5 Å². The number of hydrogen-bond donors (Lipinski definition) is 3. The SMILES string of the molecule is Nc1ccccc1C1=N/C(=C(\c2ccc(-c3ccccc3N)[nH]2)c2c(F)c(F)c(F)c(F)c2F)C=C1. The van der Waals surface area contributed by atoms with Gasteiger partial charge in [-0.1, -0.05) is 36.4 Å². The van der Waals surface area contributed by atoms with Crippen LogP contribution in [0.2, 0.25) is 0 Å². The number of aliphatic imine (C=N–C) groups is 1. The van der Waals surface area contributed by atoms with Crippen LogP contribution in [0.25, 0.3) is 16.8 Å². The van der Waals surface area contributed by atoms with Crippen LogP contribution in [0.1, 0.15) is 16.8 Å². The van der Waals surface area contributed by atoms with Gasteiger partial charge in [0.1, 0.15) is 0 Å². The molecule has 2 heterocycles. The van der Waals surface area contributed by atoms with Gasteiger partial charge in [0.25, 0.3) is 0 Å². The van der Waals surface area contributed by atoms with E-state index in [1.165, 1.54) is 12.1 Å². The highest BCUT2D eigenvalue weighted by atomic mass is 19.2. The summed E-state index contributed by atoms with van der Waals surface area (Å²) in [5, 5.41) is 0. The summed E-state index contributed by atoms with van der Waals surface area (Å²) in [7, 11) is 0. The maximum absolute atomic E-state index is 15.0. The third-order valence-corrected chi connectivity index (χ3v) is 5.80. The zero-order chi connectivity index (χ0) is 25.6. The number of nitrogen functional groups attached to an aromatic ring is 2. The van der Waals surface area contributed by atoms with Gasteiger partial charge in [-0.15, -0.1) is 0 Å². The summed E-state index contributed by atoms with van der Waals surface area (Å²) in [6.45, 7) is 0. The molecule has 180 valence electrons. The molecule has 5 N–H and O–H groups in total. The van der Waals surface area contributed by atoms with E-state index < -0.39 is 34.6 Å². The topological polar surface area (TPSA) is 80.2 Å². The molecule has 3 aromatic carbocycles. The van der Waals surface area contributed by atoms with Crippen LogP contribution < -0.4 is 11.5 Å². The molecular weight excluding hydrogens is 475 g/mol. The number of halogens is 5. The first-order valence-electron chi connectivity index (χ1n) is 10.7. The number of rotatable bonds is 4. The molecule has 4 nitrogen and oxygen atoms in total. The fraction of sp³-hybridized carbons (Fsp3) is 0. The molecule has 0 saturated heterocycles. The van der Waals surface area contributed by atoms with Gasteiger partial charge in [-0.05, 0) is 36.4 Å². The molecule has 0 aliphatic carbocycles. The van der Waals surface area contributed by atoms with Crippen molar-refractivity contribution in [2.75, 3.05) is 11.5 Å². The van der Waals surface area contributed by atoms with Crippen molar-refractivity contribution >= 4 is 22.7 Å². The van der Waals surface area contributed by atoms with E-state index in [0.29, 0.717) is 33.9 Å². The Bertz CT molecular complexity index is 1590. The minimum Gasteiger partial charge on any atom is -0.398 e. The zero-order valence-corrected chi connectivity index (χ0v) is 18.4. The van der Waals surface area contributed by atoms with Crippen LogP contribution in [-0.2, 0) is 0 Å². The van der Waals surface area contributed by atoms with Gasteiger partial charge < -0.3 is 16.5 Å². The third-order valence-electron chi connectivity index (χ3n) is 5.80. The van der Waals surface area contributed by atoms with Crippen molar-refractivity contribution in [1.29, 1.82) is 0 Å². The maximum Gasteiger partial charge on any atom is 0.200 e. The predicted molar refractivity (Wildman–Crippen MR) is 129 cm³/mol. The number of nitrogens with two attached hydrogens (primary N) is 2. The Hall–Kier alpha value is -4.66. The Kier molecular flexibility index (Phi) is 5.68. The fourth-order valence-corrected chi connectivity index (χ4v) is 4.05. The monoisotopic (exact) mass is 492 g/mol. The largest absolute Gasteiger partial charge is 0.398 e. The highest BCUT2D eigenvalue weighted by Crippen LogP contribution is 2.38. The van der Waals surface area contributed by atoms with Gasteiger partial charge in [0.2, 0.25) is 5.82 Å². The number of H-pyrrole nitrogens is 1. The first-order chi connectivity index (χ1) is 17.3. The standard InChI is InChI=1S/C27H17F5N4/c28-23-22(24(29)26(31)27(32)25(23)30)21(19-11-9-17(35-19)13-5-1-3-7-15(13)33)20-12-10-18(36-20)14-6-2-4-8-16(14)34/h1-12,35H,33-34H2/b21-20+. The Morgan fingerprint density at radius 2 is 1.19 bits per heavy atom. The zero-order valence-electron chi connectivity index (χ0n) is 18.4. The first-order valence-corrected chi connectivity index (χ1v) is 10.7. The highest BCUT2D eigenvalue weighted by molar-refractivity contribution is 6.15. The predicted octanol–water partition coefficient (Wildman–Crippen LogP) is 6.36. The summed E-state index contributed by atoms with van der Waals surface area (Å²) in [6.07, 6.45) is 2.97. The summed E-state index contributed by atoms with van der Waals surface area (Å²) in [6, 6.07) is 16.7. The average Bonchev–Trinajstić information content (AvgIpc) is 3.55. The van der Waals surface area contributed by atoms with Crippen molar-refractivity contribution in [1.82, 2.24) is 4.98 Å². The summed E-state index contributed by atoms with van der Waals surface area (Å²) in [4.78, 5) is 7.41. The van der Waals surface area contributed by atoms with E-state index in [2.05, 4.69) is 9.98 Å². The molecule has 1 aliphatic heterocycles. The second kappa shape index (κ2) is 8.84. The lowest BCUT2D eigenvalue weighted by molar-refractivity contribution is 0.376. The van der Waals surface area contributed by atoms with Gasteiger partial charge in [-0.2, -0.15) is 0 Å². The van der Waals surface area contributed by atoms with Gasteiger partial charge in [-0.25, -0.2) is 26.9 Å². The van der Waals surface area contributed by atoms with E-state index in [-0.39, 0.29) is 17.0 Å². The summed E-state index contributed by atoms with van der Waals surface area (Å²) in [5.41, 5.74) is 13.5. The van der Waals surface area contributed by atoms with Gasteiger partial charge in [0, 0.05) is 39.5 Å². The molecule has 0 unspecified atom stereocenters. The maximum atomic E-state index is 15.0. The number of aromatic amines is 1. The van der Waals surface area contributed by atoms with Crippen LogP contribution in [0.5, 0.6) is 0 Å². The number of nitrogens with zero attached hydrogens (tertiary/aromatic N) is 1. The molecule has 0 spiro atoms. The Morgan fingerprint density at radius 1 is 0.639 bits per heavy atom. The summed E-state index contributed by atoms with van der Waals surface area (Å²) < 4.78 is 72.2. The second-order valence-corrected chi connectivity index (χ2v) is 8.00. The van der Waals surface area contributed by atoms with Crippen LogP contribution in [0.15, 0.2) is 83.5 Å². The lowest BCUT2D eigenvalue weighted by Crippen LogP contribution is -2.08. The van der Waals surface area contributed by atoms with Crippen molar-refractivity contribution in [3.63, 3.8) is 0 Å². The van der Waals surface area contributed by atoms with E-state index in [1.807, 2.05) is 0 Å². The van der Waals surface area contributed by atoms with Crippen LogP contribution in [-0.4, -0.2) is 10.7 Å². The van der Waals surface area contributed by atoms with Crippen molar-refractivity contribution in [2.45, 2.75) is 0 Å². The molecule has 0 bridgehead atoms. The van der Waals surface area contributed by atoms with Crippen LogP contribution >= 0.6 is 0 Å². The number of allylic oxidation sites excluding steroid dienone is 2. The first kappa shape index (κ1) is 23.1. The van der Waals surface area contributed by atoms with Crippen LogP contribution in [0.4, 0.5) is 33.3 Å². The minimum absolute atomic E-state index is 0.0223. The van der Waals surface area contributed by atoms with Crippen molar-refractivity contribution < 1.29 is 22.0 Å². The molecule has 0 amide bonds. The third kappa shape index (κ3) is 3.74. The molecule has 0 fully saturated rings. The summed E-state index contributed by atoms with van der Waals surface area (Å²) in [5.74, 6) is -10.3. The van der Waals surface area contributed by atoms with Gasteiger partial charge in [0.05, 0.1) is 17.0 Å². The minimum atomic E-state index is -2.24. The normalized spacial score (nSPS) is 14.3. The van der Waals surface area contributed by atoms with E-state index in [9.17, 15) is 22.0 Å². The van der Waals surface area contributed by atoms with E-state index in [0.717, 1.165) is 0 Å². The van der Waals surface area contributed by atoms with Gasteiger partial charge in [0.15, 0.2) is 23.3 Å². The average molecular weight is 492 g/mol. The number of anilines is 2. The number of benzene rings is 3. The molecule has 1 aromatic heterocycles. The van der Waals surface area contributed by atoms with Gasteiger partial charge >= 0.3 is 0 Å². The number of aromatic nitrogens is 1. The van der Waals surface area contributed by atoms with E-state index in [1.54, 1.807) is 60.7 Å². The molecule has 0 atom stereocenters. The number of hydrogen-bond acceptors (Lipinski definition) is 3. The number of para-hydroxylation sites is 2. The van der Waals surface area contributed by atoms with Crippen molar-refractivity contribution in [3.8, 4) is 11.3 Å². The molecule has 9 heteroatoms. The quantitative estimate of drug-likeness (QED) is 0.134. The molecule has 4 aromatic rings. The fourth-order valence-electron chi connectivity index (χ4n) is 4.05. The molecule has 0 radical (unpaired) electrons. The van der Waals surface area contributed by atoms with Crippen molar-refractivity contribution in [2.24, 2.45) is 4.99 Å². The van der Waals surface area contributed by atoms with Crippen LogP contribution in [0.3, 0.4) is 0 Å². The second-order valence-electron chi connectivity index (χ2n) is 8.00. The molecular formula is C27H17F5N4. The molecule has 5 rings (SSSR count). The smallest absolute Gasteiger partial charge is 0.200 e. The lowest BCUT2D eigenvalue weighted by atomic mass is 9.98. The molecule has 36 heavy (non-hydrogen) atoms.